The largest absolute Gasteiger partial charge is 0.527 e. The van der Waals surface area contributed by atoms with Crippen molar-refractivity contribution in [2.45, 2.75) is 20.3 Å². The fraction of sp³-hybridized carbons (Fsp3) is 1.00. The Hall–Kier alpha value is 0.407. The van der Waals surface area contributed by atoms with Gasteiger partial charge in [-0.15, -0.1) is 0 Å². The van der Waals surface area contributed by atoms with E-state index in [1.54, 1.807) is 21.3 Å². The average molecular weight is 256 g/mol. The van der Waals surface area contributed by atoms with Crippen LogP contribution in [-0.4, -0.2) is 43.0 Å². The van der Waals surface area contributed by atoms with E-state index in [2.05, 4.69) is 13.8 Å². The van der Waals surface area contributed by atoms with Crippen LogP contribution in [0.1, 0.15) is 20.3 Å². The van der Waals surface area contributed by atoms with Crippen LogP contribution in [-0.2, 0) is 18.0 Å². The summed E-state index contributed by atoms with van der Waals surface area (Å²) in [6.45, 7) is 5.01. The smallest absolute Gasteiger partial charge is 0.377 e. The van der Waals surface area contributed by atoms with Gasteiger partial charge in [0.15, 0.2) is 0 Å². The van der Waals surface area contributed by atoms with Crippen molar-refractivity contribution in [2.75, 3.05) is 34.2 Å². The molecule has 0 rings (SSSR count). The fourth-order valence-electron chi connectivity index (χ4n) is 0.930. The van der Waals surface area contributed by atoms with Crippen molar-refractivity contribution in [2.24, 2.45) is 5.92 Å². The Morgan fingerprint density at radius 1 is 1.07 bits per heavy atom. The first-order chi connectivity index (χ1) is 6.64. The molecule has 0 aromatic carbocycles. The molecule has 4 nitrogen and oxygen atoms in total. The Labute approximate surface area is 101 Å². The van der Waals surface area contributed by atoms with E-state index in [-0.39, 0.29) is 13.5 Å². The second-order valence-electron chi connectivity index (χ2n) is 3.32. The van der Waals surface area contributed by atoms with Crippen LogP contribution < -0.4 is 0 Å². The van der Waals surface area contributed by atoms with Crippen molar-refractivity contribution in [3.8, 4) is 0 Å². The van der Waals surface area contributed by atoms with E-state index < -0.39 is 8.80 Å². The van der Waals surface area contributed by atoms with Gasteiger partial charge in [-0.1, -0.05) is 20.3 Å². The first-order valence-corrected chi connectivity index (χ1v) is 6.80. The summed E-state index contributed by atoms with van der Waals surface area (Å²) < 4.78 is 21.2. The fourth-order valence-corrected chi connectivity index (χ4v) is 2.15. The Morgan fingerprint density at radius 3 is 1.87 bits per heavy atom. The summed E-state index contributed by atoms with van der Waals surface area (Å²) in [6, 6.07) is 0. The molecule has 0 spiro atoms. The molecule has 0 aromatic rings. The van der Waals surface area contributed by atoms with Gasteiger partial charge in [0.2, 0.25) is 0 Å². The van der Waals surface area contributed by atoms with Crippen LogP contribution in [0.15, 0.2) is 0 Å². The van der Waals surface area contributed by atoms with E-state index in [4.69, 9.17) is 18.0 Å². The van der Waals surface area contributed by atoms with Gasteiger partial charge in [-0.3, -0.25) is 0 Å². The lowest BCUT2D eigenvalue weighted by atomic mass is 10.1. The second kappa shape index (κ2) is 9.62. The molecule has 0 amide bonds. The van der Waals surface area contributed by atoms with Gasteiger partial charge >= 0.3 is 8.80 Å². The summed E-state index contributed by atoms with van der Waals surface area (Å²) in [5.41, 5.74) is 0. The predicted octanol–water partition coefficient (Wildman–Crippen LogP) is 1.58. The van der Waals surface area contributed by atoms with Crippen LogP contribution in [0.5, 0.6) is 0 Å². The van der Waals surface area contributed by atoms with Crippen molar-refractivity contribution in [3.05, 3.63) is 0 Å². The van der Waals surface area contributed by atoms with Gasteiger partial charge < -0.3 is 18.0 Å². The zero-order valence-corrected chi connectivity index (χ0v) is 12.3. The van der Waals surface area contributed by atoms with Gasteiger partial charge in [0.25, 0.3) is 0 Å². The lowest BCUT2D eigenvalue weighted by molar-refractivity contribution is 0.0527. The number of ether oxygens (including phenoxy) is 1. The van der Waals surface area contributed by atoms with Crippen molar-refractivity contribution < 1.29 is 18.0 Å². The molecule has 0 aromatic heterocycles. The molecule has 6 heteroatoms. The van der Waals surface area contributed by atoms with Crippen LogP contribution in [0.2, 0.25) is 0 Å². The maximum absolute atomic E-state index is 5.51. The highest BCUT2D eigenvalue weighted by Crippen LogP contribution is 2.08. The molecule has 0 aliphatic carbocycles. The molecule has 1 unspecified atom stereocenters. The highest BCUT2D eigenvalue weighted by molar-refractivity contribution is 7.59. The van der Waals surface area contributed by atoms with E-state index in [1.165, 1.54) is 0 Å². The van der Waals surface area contributed by atoms with Gasteiger partial charge in [-0.25, -0.2) is 0 Å². The molecule has 0 saturated carbocycles. The lowest BCUT2D eigenvalue weighted by Gasteiger charge is -2.24. The molecule has 0 bridgehead atoms. The minimum atomic E-state index is -2.52. The van der Waals surface area contributed by atoms with Gasteiger partial charge in [0.1, 0.15) is 6.23 Å². The summed E-state index contributed by atoms with van der Waals surface area (Å²) >= 11 is 0. The molecule has 0 aliphatic rings. The topological polar surface area (TPSA) is 36.9 Å². The molecule has 0 heterocycles. The second-order valence-corrected chi connectivity index (χ2v) is 6.20. The van der Waals surface area contributed by atoms with E-state index in [1.807, 2.05) is 0 Å². The van der Waals surface area contributed by atoms with Crippen molar-refractivity contribution in [1.82, 2.24) is 0 Å². The first kappa shape index (κ1) is 17.8. The monoisotopic (exact) mass is 256 g/mol. The number of rotatable bonds is 8. The molecule has 0 fully saturated rings. The van der Waals surface area contributed by atoms with E-state index in [0.717, 1.165) is 13.0 Å². The van der Waals surface area contributed by atoms with Crippen molar-refractivity contribution in [1.29, 1.82) is 0 Å². The molecular weight excluding hydrogens is 232 g/mol. The van der Waals surface area contributed by atoms with Crippen LogP contribution in [0.25, 0.3) is 0 Å². The third-order valence-electron chi connectivity index (χ3n) is 2.31. The van der Waals surface area contributed by atoms with Crippen molar-refractivity contribution in [3.63, 3.8) is 0 Å². The predicted molar refractivity (Wildman–Crippen MR) is 67.4 cm³/mol. The van der Waals surface area contributed by atoms with Crippen LogP contribution >= 0.6 is 13.5 Å². The van der Waals surface area contributed by atoms with Crippen LogP contribution in [0.4, 0.5) is 0 Å². The molecular formula is C9H24O4SSi. The Balaban J connectivity index is 0. The summed E-state index contributed by atoms with van der Waals surface area (Å²) in [6.07, 6.45) is 1.53. The third kappa shape index (κ3) is 6.55. The number of hydrogen-bond donors (Lipinski definition) is 0. The molecule has 1 atom stereocenters. The SMILES string of the molecule is CCC(C)COC[Si](OC)(OC)OC.S. The highest BCUT2D eigenvalue weighted by atomic mass is 32.1. The normalized spacial score (nSPS) is 13.4. The molecule has 94 valence electrons. The summed E-state index contributed by atoms with van der Waals surface area (Å²) in [4.78, 5) is 0. The van der Waals surface area contributed by atoms with Crippen LogP contribution in [0.3, 0.4) is 0 Å². The quantitative estimate of drug-likeness (QED) is 0.618. The van der Waals surface area contributed by atoms with Gasteiger partial charge in [-0.2, -0.15) is 13.5 Å². The molecule has 0 radical (unpaired) electrons. The zero-order valence-electron chi connectivity index (χ0n) is 10.3. The van der Waals surface area contributed by atoms with Crippen LogP contribution in [0, 0.1) is 5.92 Å². The maximum Gasteiger partial charge on any atom is 0.527 e. The maximum atomic E-state index is 5.51. The van der Waals surface area contributed by atoms with E-state index in [0.29, 0.717) is 12.1 Å². The minimum absolute atomic E-state index is 0. The van der Waals surface area contributed by atoms with Gasteiger partial charge in [0, 0.05) is 27.9 Å². The van der Waals surface area contributed by atoms with Gasteiger partial charge in [-0.05, 0) is 5.92 Å². The van der Waals surface area contributed by atoms with Crippen molar-refractivity contribution >= 4 is 22.3 Å². The molecule has 0 N–H and O–H groups in total. The minimum Gasteiger partial charge on any atom is -0.377 e. The summed E-state index contributed by atoms with van der Waals surface area (Å²) in [5.74, 6) is 0.562. The summed E-state index contributed by atoms with van der Waals surface area (Å²) in [7, 11) is 2.25. The average Bonchev–Trinajstić information content (AvgIpc) is 2.25. The third-order valence-corrected chi connectivity index (χ3v) is 4.73. The number of hydrogen-bond acceptors (Lipinski definition) is 4. The lowest BCUT2D eigenvalue weighted by Crippen LogP contribution is -2.48. The first-order valence-electron chi connectivity index (χ1n) is 4.87. The van der Waals surface area contributed by atoms with E-state index >= 15 is 0 Å². The highest BCUT2D eigenvalue weighted by Gasteiger charge is 2.38. The Kier molecular flexibility index (Phi) is 11.4. The standard InChI is InChI=1S/C9H22O4Si.H2S/c1-6-9(2)7-13-8-14(10-3,11-4)12-5;/h9H,6-8H2,1-5H3;1H2. The van der Waals surface area contributed by atoms with Gasteiger partial charge in [0.05, 0.1) is 0 Å². The summed E-state index contributed by atoms with van der Waals surface area (Å²) in [5, 5.41) is 0. The zero-order chi connectivity index (χ0) is 11.0. The molecule has 0 saturated heterocycles. The molecule has 0 aliphatic heterocycles. The van der Waals surface area contributed by atoms with E-state index in [9.17, 15) is 0 Å². The Bertz CT molecular complexity index is 136. The Morgan fingerprint density at radius 2 is 1.53 bits per heavy atom. The molecule has 15 heavy (non-hydrogen) atoms.